The molecule has 0 aliphatic heterocycles. The molecule has 1 N–H and O–H groups in total. The molecule has 3 aromatic rings. The Morgan fingerprint density at radius 1 is 1.04 bits per heavy atom. The first kappa shape index (κ1) is 19.8. The van der Waals surface area contributed by atoms with Crippen molar-refractivity contribution in [2.45, 2.75) is 32.5 Å². The average molecular weight is 395 g/mol. The van der Waals surface area contributed by atoms with Gasteiger partial charge in [-0.1, -0.05) is 41.6 Å². The second kappa shape index (κ2) is 8.84. The third-order valence-electron chi connectivity index (χ3n) is 4.20. The Morgan fingerprint density at radius 3 is 2.32 bits per heavy atom. The molecule has 1 heterocycles. The number of carbonyl (C=O) groups excluding carboxylic acids is 2. The number of benzene rings is 2. The number of anilines is 1. The Kier molecular flexibility index (Phi) is 6.26. The van der Waals surface area contributed by atoms with E-state index in [1.54, 1.807) is 0 Å². The lowest BCUT2D eigenvalue weighted by atomic mass is 10.1. The van der Waals surface area contributed by atoms with Gasteiger partial charge in [0.05, 0.1) is 5.75 Å². The van der Waals surface area contributed by atoms with E-state index in [4.69, 9.17) is 0 Å². The Bertz CT molecular complexity index is 979. The van der Waals surface area contributed by atoms with E-state index >= 15 is 0 Å². The number of nitrogens with zero attached hydrogens (tertiary/aromatic N) is 3. The highest BCUT2D eigenvalue weighted by atomic mass is 32.2. The Hall–Kier alpha value is -2.93. The molecule has 0 aliphatic rings. The van der Waals surface area contributed by atoms with Crippen molar-refractivity contribution >= 4 is 29.1 Å². The lowest BCUT2D eigenvalue weighted by molar-refractivity contribution is -0.114. The van der Waals surface area contributed by atoms with Crippen LogP contribution in [0.5, 0.6) is 0 Å². The maximum Gasteiger partial charge on any atom is 0.221 e. The van der Waals surface area contributed by atoms with Crippen LogP contribution in [0.15, 0.2) is 53.7 Å². The van der Waals surface area contributed by atoms with Gasteiger partial charge >= 0.3 is 0 Å². The van der Waals surface area contributed by atoms with E-state index in [0.717, 1.165) is 22.6 Å². The smallest absolute Gasteiger partial charge is 0.221 e. The standard InChI is InChI=1S/C21H22N4O2S/c1-4-25-20(17-9-11-18(12-10-17)22-15(3)26)23-24-21(25)28-13-19(27)16-7-5-14(2)6-8-16/h5-12H,4,13H2,1-3H3,(H,22,26). The van der Waals surface area contributed by atoms with Crippen molar-refractivity contribution in [2.24, 2.45) is 0 Å². The molecule has 0 aliphatic carbocycles. The molecule has 1 aromatic heterocycles. The fourth-order valence-electron chi connectivity index (χ4n) is 2.75. The topological polar surface area (TPSA) is 76.9 Å². The normalized spacial score (nSPS) is 10.7. The molecule has 0 fully saturated rings. The average Bonchev–Trinajstić information content (AvgIpc) is 3.09. The van der Waals surface area contributed by atoms with Crippen LogP contribution in [0.1, 0.15) is 29.8 Å². The zero-order chi connectivity index (χ0) is 20.1. The summed E-state index contributed by atoms with van der Waals surface area (Å²) in [6.45, 7) is 6.18. The monoisotopic (exact) mass is 394 g/mol. The summed E-state index contributed by atoms with van der Waals surface area (Å²) in [6.07, 6.45) is 0. The first-order valence-corrected chi connectivity index (χ1v) is 10.0. The summed E-state index contributed by atoms with van der Waals surface area (Å²) >= 11 is 1.39. The van der Waals surface area contributed by atoms with Gasteiger partial charge in [-0.3, -0.25) is 9.59 Å². The Labute approximate surface area is 168 Å². The van der Waals surface area contributed by atoms with Crippen LogP contribution in [-0.2, 0) is 11.3 Å². The number of thioether (sulfide) groups is 1. The van der Waals surface area contributed by atoms with Crippen molar-refractivity contribution < 1.29 is 9.59 Å². The van der Waals surface area contributed by atoms with Gasteiger partial charge < -0.3 is 9.88 Å². The SMILES string of the molecule is CCn1c(SCC(=O)c2ccc(C)cc2)nnc1-c1ccc(NC(C)=O)cc1. The molecular formula is C21H22N4O2S. The van der Waals surface area contributed by atoms with Gasteiger partial charge in [-0.15, -0.1) is 10.2 Å². The number of hydrogen-bond donors (Lipinski definition) is 1. The van der Waals surface area contributed by atoms with Crippen LogP contribution in [-0.4, -0.2) is 32.2 Å². The zero-order valence-electron chi connectivity index (χ0n) is 16.1. The van der Waals surface area contributed by atoms with Gasteiger partial charge in [0.15, 0.2) is 16.8 Å². The molecule has 3 rings (SSSR count). The fraction of sp³-hybridized carbons (Fsp3) is 0.238. The van der Waals surface area contributed by atoms with E-state index in [-0.39, 0.29) is 11.7 Å². The van der Waals surface area contributed by atoms with Crippen molar-refractivity contribution in [3.8, 4) is 11.4 Å². The number of hydrogen-bond acceptors (Lipinski definition) is 5. The van der Waals surface area contributed by atoms with E-state index < -0.39 is 0 Å². The van der Waals surface area contributed by atoms with Gasteiger partial charge in [-0.05, 0) is 38.1 Å². The van der Waals surface area contributed by atoms with Crippen molar-refractivity contribution in [3.05, 3.63) is 59.7 Å². The van der Waals surface area contributed by atoms with Crippen molar-refractivity contribution in [3.63, 3.8) is 0 Å². The second-order valence-electron chi connectivity index (χ2n) is 6.39. The molecule has 0 bridgehead atoms. The summed E-state index contributed by atoms with van der Waals surface area (Å²) in [5.74, 6) is 1.00. The number of aromatic nitrogens is 3. The number of aryl methyl sites for hydroxylation is 1. The number of amides is 1. The van der Waals surface area contributed by atoms with Crippen LogP contribution in [0.25, 0.3) is 11.4 Å². The minimum absolute atomic E-state index is 0.0665. The maximum absolute atomic E-state index is 12.4. The molecule has 2 aromatic carbocycles. The van der Waals surface area contributed by atoms with Crippen molar-refractivity contribution in [1.82, 2.24) is 14.8 Å². The van der Waals surface area contributed by atoms with Crippen LogP contribution >= 0.6 is 11.8 Å². The van der Waals surface area contributed by atoms with E-state index in [0.29, 0.717) is 23.0 Å². The number of ketones is 1. The number of nitrogens with one attached hydrogen (secondary N) is 1. The second-order valence-corrected chi connectivity index (χ2v) is 7.33. The number of Topliss-reactive ketones (excluding diaryl/α,β-unsaturated/α-hetero) is 1. The van der Waals surface area contributed by atoms with Gasteiger partial charge in [0.2, 0.25) is 5.91 Å². The van der Waals surface area contributed by atoms with E-state index in [1.807, 2.05) is 66.9 Å². The lowest BCUT2D eigenvalue weighted by Gasteiger charge is -2.08. The zero-order valence-corrected chi connectivity index (χ0v) is 16.9. The number of rotatable bonds is 7. The highest BCUT2D eigenvalue weighted by molar-refractivity contribution is 7.99. The van der Waals surface area contributed by atoms with Crippen LogP contribution in [0, 0.1) is 6.92 Å². The fourth-order valence-corrected chi connectivity index (χ4v) is 3.65. The first-order valence-electron chi connectivity index (χ1n) is 9.02. The summed E-state index contributed by atoms with van der Waals surface area (Å²) in [7, 11) is 0. The minimum atomic E-state index is -0.110. The van der Waals surface area contributed by atoms with Gasteiger partial charge in [-0.2, -0.15) is 0 Å². The third kappa shape index (κ3) is 4.67. The molecule has 6 nitrogen and oxygen atoms in total. The van der Waals surface area contributed by atoms with Crippen LogP contribution in [0.4, 0.5) is 5.69 Å². The molecule has 1 amide bonds. The molecule has 7 heteroatoms. The molecular weight excluding hydrogens is 372 g/mol. The number of carbonyl (C=O) groups is 2. The van der Waals surface area contributed by atoms with Gasteiger partial charge in [0, 0.05) is 30.3 Å². The van der Waals surface area contributed by atoms with E-state index in [9.17, 15) is 9.59 Å². The van der Waals surface area contributed by atoms with Crippen molar-refractivity contribution in [2.75, 3.05) is 11.1 Å². The first-order chi connectivity index (χ1) is 13.5. The molecule has 144 valence electrons. The summed E-state index contributed by atoms with van der Waals surface area (Å²) in [6, 6.07) is 15.0. The van der Waals surface area contributed by atoms with E-state index in [2.05, 4.69) is 15.5 Å². The molecule has 0 saturated heterocycles. The molecule has 28 heavy (non-hydrogen) atoms. The largest absolute Gasteiger partial charge is 0.326 e. The summed E-state index contributed by atoms with van der Waals surface area (Å²) in [5, 5.41) is 12.0. The lowest BCUT2D eigenvalue weighted by Crippen LogP contribution is -2.06. The third-order valence-corrected chi connectivity index (χ3v) is 5.17. The maximum atomic E-state index is 12.4. The predicted octanol–water partition coefficient (Wildman–Crippen LogP) is 4.21. The molecule has 0 spiro atoms. The van der Waals surface area contributed by atoms with Crippen LogP contribution < -0.4 is 5.32 Å². The minimum Gasteiger partial charge on any atom is -0.326 e. The van der Waals surface area contributed by atoms with Crippen molar-refractivity contribution in [1.29, 1.82) is 0 Å². The molecule has 0 atom stereocenters. The van der Waals surface area contributed by atoms with Crippen LogP contribution in [0.2, 0.25) is 0 Å². The Morgan fingerprint density at radius 2 is 1.71 bits per heavy atom. The van der Waals surface area contributed by atoms with Gasteiger partial charge in [-0.25, -0.2) is 0 Å². The van der Waals surface area contributed by atoms with Crippen LogP contribution in [0.3, 0.4) is 0 Å². The quantitative estimate of drug-likeness (QED) is 0.480. The Balaban J connectivity index is 1.73. The highest BCUT2D eigenvalue weighted by Gasteiger charge is 2.15. The van der Waals surface area contributed by atoms with Gasteiger partial charge in [0.25, 0.3) is 0 Å². The summed E-state index contributed by atoms with van der Waals surface area (Å²) < 4.78 is 1.99. The molecule has 0 unspecified atom stereocenters. The summed E-state index contributed by atoms with van der Waals surface area (Å²) in [4.78, 5) is 23.6. The highest BCUT2D eigenvalue weighted by Crippen LogP contribution is 2.25. The predicted molar refractivity (Wildman–Crippen MR) is 112 cm³/mol. The van der Waals surface area contributed by atoms with Gasteiger partial charge in [0.1, 0.15) is 0 Å². The van der Waals surface area contributed by atoms with E-state index in [1.165, 1.54) is 18.7 Å². The molecule has 0 radical (unpaired) electrons. The summed E-state index contributed by atoms with van der Waals surface area (Å²) in [5.41, 5.74) is 3.47. The molecule has 0 saturated carbocycles.